The Morgan fingerprint density at radius 2 is 2.09 bits per heavy atom. The maximum Gasteiger partial charge on any atom is 0.0892 e. The molecule has 0 bridgehead atoms. The maximum absolute atomic E-state index is 9.15. The van der Waals surface area contributed by atoms with Crippen molar-refractivity contribution in [2.24, 2.45) is 5.92 Å². The summed E-state index contributed by atoms with van der Waals surface area (Å²) >= 11 is 0. The van der Waals surface area contributed by atoms with Gasteiger partial charge in [-0.2, -0.15) is 0 Å². The molecule has 3 unspecified atom stereocenters. The van der Waals surface area contributed by atoms with E-state index in [0.717, 1.165) is 26.0 Å². The molecule has 3 nitrogen and oxygen atoms in total. The van der Waals surface area contributed by atoms with Crippen molar-refractivity contribution in [1.82, 2.24) is 0 Å². The SMILES string of the molecule is CCCCN1c2ccccc2C2OCCCC2C1CCCCO. The topological polar surface area (TPSA) is 32.7 Å². The van der Waals surface area contributed by atoms with Gasteiger partial charge in [-0.15, -0.1) is 0 Å². The molecule has 2 aliphatic rings. The van der Waals surface area contributed by atoms with Gasteiger partial charge in [-0.3, -0.25) is 0 Å². The number of anilines is 1. The van der Waals surface area contributed by atoms with Gasteiger partial charge in [-0.05, 0) is 44.6 Å². The highest BCUT2D eigenvalue weighted by Crippen LogP contribution is 2.47. The molecule has 0 amide bonds. The van der Waals surface area contributed by atoms with Gasteiger partial charge in [0.2, 0.25) is 0 Å². The molecule has 23 heavy (non-hydrogen) atoms. The fourth-order valence-electron chi connectivity index (χ4n) is 4.37. The Hall–Kier alpha value is -1.06. The van der Waals surface area contributed by atoms with Gasteiger partial charge < -0.3 is 14.7 Å². The summed E-state index contributed by atoms with van der Waals surface area (Å²) in [6.07, 6.45) is 8.38. The molecule has 1 aromatic carbocycles. The Kier molecular flexibility index (Phi) is 5.96. The first kappa shape index (κ1) is 16.8. The van der Waals surface area contributed by atoms with Crippen molar-refractivity contribution in [3.05, 3.63) is 29.8 Å². The van der Waals surface area contributed by atoms with E-state index in [-0.39, 0.29) is 6.10 Å². The van der Waals surface area contributed by atoms with Crippen molar-refractivity contribution >= 4 is 5.69 Å². The Bertz CT molecular complexity index is 490. The summed E-state index contributed by atoms with van der Waals surface area (Å²) in [7, 11) is 0. The van der Waals surface area contributed by atoms with Crippen LogP contribution in [0.2, 0.25) is 0 Å². The summed E-state index contributed by atoms with van der Waals surface area (Å²) in [4.78, 5) is 2.66. The molecule has 1 aromatic rings. The summed E-state index contributed by atoms with van der Waals surface area (Å²) in [6, 6.07) is 9.41. The minimum atomic E-state index is 0.275. The van der Waals surface area contributed by atoms with Gasteiger partial charge in [0.05, 0.1) is 6.10 Å². The molecular weight excluding hydrogens is 286 g/mol. The predicted octanol–water partition coefficient (Wildman–Crippen LogP) is 4.31. The smallest absolute Gasteiger partial charge is 0.0892 e. The number of fused-ring (bicyclic) bond motifs is 3. The van der Waals surface area contributed by atoms with Gasteiger partial charge in [-0.25, -0.2) is 0 Å². The Morgan fingerprint density at radius 1 is 1.22 bits per heavy atom. The van der Waals surface area contributed by atoms with Crippen LogP contribution >= 0.6 is 0 Å². The van der Waals surface area contributed by atoms with E-state index in [4.69, 9.17) is 9.84 Å². The van der Waals surface area contributed by atoms with Crippen molar-refractivity contribution in [3.8, 4) is 0 Å². The quantitative estimate of drug-likeness (QED) is 0.761. The molecule has 0 radical (unpaired) electrons. The highest BCUT2D eigenvalue weighted by atomic mass is 16.5. The van der Waals surface area contributed by atoms with Crippen LogP contribution in [0, 0.1) is 5.92 Å². The second-order valence-electron chi connectivity index (χ2n) is 6.99. The second kappa shape index (κ2) is 8.16. The maximum atomic E-state index is 9.15. The lowest BCUT2D eigenvalue weighted by molar-refractivity contribution is -0.0434. The van der Waals surface area contributed by atoms with Crippen LogP contribution < -0.4 is 4.90 Å². The van der Waals surface area contributed by atoms with E-state index in [1.54, 1.807) is 0 Å². The number of benzene rings is 1. The van der Waals surface area contributed by atoms with E-state index in [1.807, 2.05) is 0 Å². The minimum Gasteiger partial charge on any atom is -0.396 e. The summed E-state index contributed by atoms with van der Waals surface area (Å²) in [5.41, 5.74) is 2.78. The monoisotopic (exact) mass is 317 g/mol. The van der Waals surface area contributed by atoms with Gasteiger partial charge in [0.25, 0.3) is 0 Å². The number of aliphatic hydroxyl groups is 1. The number of rotatable bonds is 7. The highest BCUT2D eigenvalue weighted by Gasteiger charge is 2.42. The van der Waals surface area contributed by atoms with Crippen LogP contribution in [0.15, 0.2) is 24.3 Å². The van der Waals surface area contributed by atoms with Gasteiger partial charge in [0.1, 0.15) is 0 Å². The Morgan fingerprint density at radius 3 is 2.91 bits per heavy atom. The summed E-state index contributed by atoms with van der Waals surface area (Å²) in [5, 5.41) is 9.15. The van der Waals surface area contributed by atoms with Crippen LogP contribution in [0.25, 0.3) is 0 Å². The fraction of sp³-hybridized carbons (Fsp3) is 0.700. The fourth-order valence-corrected chi connectivity index (χ4v) is 4.37. The van der Waals surface area contributed by atoms with E-state index < -0.39 is 0 Å². The van der Waals surface area contributed by atoms with E-state index in [0.29, 0.717) is 18.6 Å². The molecule has 0 aliphatic carbocycles. The molecule has 3 atom stereocenters. The third-order valence-corrected chi connectivity index (χ3v) is 5.48. The number of aliphatic hydroxyl groups excluding tert-OH is 1. The van der Waals surface area contributed by atoms with E-state index in [1.165, 1.54) is 43.4 Å². The van der Waals surface area contributed by atoms with Gasteiger partial charge in [0.15, 0.2) is 0 Å². The first-order valence-corrected chi connectivity index (χ1v) is 9.44. The number of unbranched alkanes of at least 4 members (excludes halogenated alkanes) is 2. The lowest BCUT2D eigenvalue weighted by atomic mass is 9.77. The zero-order valence-corrected chi connectivity index (χ0v) is 14.4. The standard InChI is InChI=1S/C20H31NO2/c1-2-3-13-21-18-11-5-4-9-16(18)20-17(10-8-15-23-20)19(21)12-6-7-14-22/h4-5,9,11,17,19-20,22H,2-3,6-8,10,12-15H2,1H3. The van der Waals surface area contributed by atoms with Crippen LogP contribution in [-0.2, 0) is 4.74 Å². The Balaban J connectivity index is 1.90. The normalized spacial score (nSPS) is 26.7. The lowest BCUT2D eigenvalue weighted by Crippen LogP contribution is -2.49. The molecule has 0 aromatic heterocycles. The average Bonchev–Trinajstić information content (AvgIpc) is 2.61. The molecule has 128 valence electrons. The van der Waals surface area contributed by atoms with Crippen molar-refractivity contribution in [3.63, 3.8) is 0 Å². The van der Waals surface area contributed by atoms with Crippen molar-refractivity contribution in [2.45, 2.75) is 64.0 Å². The summed E-state index contributed by atoms with van der Waals surface area (Å²) < 4.78 is 6.22. The molecule has 1 fully saturated rings. The van der Waals surface area contributed by atoms with E-state index in [2.05, 4.69) is 36.1 Å². The zero-order valence-electron chi connectivity index (χ0n) is 14.4. The van der Waals surface area contributed by atoms with Gasteiger partial charge in [-0.1, -0.05) is 31.5 Å². The first-order valence-electron chi connectivity index (χ1n) is 9.44. The number of nitrogens with zero attached hydrogens (tertiary/aromatic N) is 1. The summed E-state index contributed by atoms with van der Waals surface area (Å²) in [5.74, 6) is 0.606. The predicted molar refractivity (Wildman–Crippen MR) is 94.8 cm³/mol. The average molecular weight is 317 g/mol. The molecule has 3 rings (SSSR count). The zero-order chi connectivity index (χ0) is 16.1. The highest BCUT2D eigenvalue weighted by molar-refractivity contribution is 5.58. The van der Waals surface area contributed by atoms with Gasteiger partial charge in [0, 0.05) is 43.0 Å². The first-order chi connectivity index (χ1) is 11.4. The molecule has 3 heteroatoms. The van der Waals surface area contributed by atoms with Crippen molar-refractivity contribution < 1.29 is 9.84 Å². The van der Waals surface area contributed by atoms with Crippen LogP contribution in [0.1, 0.15) is 63.5 Å². The van der Waals surface area contributed by atoms with Crippen LogP contribution in [0.4, 0.5) is 5.69 Å². The number of para-hydroxylation sites is 1. The molecule has 2 aliphatic heterocycles. The number of hydrogen-bond acceptors (Lipinski definition) is 3. The van der Waals surface area contributed by atoms with Crippen LogP contribution in [-0.4, -0.2) is 30.9 Å². The third-order valence-electron chi connectivity index (χ3n) is 5.48. The largest absolute Gasteiger partial charge is 0.396 e. The Labute approximate surface area is 140 Å². The van der Waals surface area contributed by atoms with Crippen molar-refractivity contribution in [1.29, 1.82) is 0 Å². The molecule has 0 saturated carbocycles. The molecule has 1 N–H and O–H groups in total. The molecule has 1 saturated heterocycles. The number of ether oxygens (including phenoxy) is 1. The molecule has 2 heterocycles. The van der Waals surface area contributed by atoms with Crippen LogP contribution in [0.3, 0.4) is 0 Å². The van der Waals surface area contributed by atoms with Gasteiger partial charge >= 0.3 is 0 Å². The minimum absolute atomic E-state index is 0.275. The number of hydrogen-bond donors (Lipinski definition) is 1. The van der Waals surface area contributed by atoms with Crippen LogP contribution in [0.5, 0.6) is 0 Å². The summed E-state index contributed by atoms with van der Waals surface area (Å²) in [6.45, 7) is 4.61. The third kappa shape index (κ3) is 3.56. The molecule has 0 spiro atoms. The van der Waals surface area contributed by atoms with E-state index >= 15 is 0 Å². The molecular formula is C20H31NO2. The van der Waals surface area contributed by atoms with Crippen molar-refractivity contribution in [2.75, 3.05) is 24.7 Å². The van der Waals surface area contributed by atoms with E-state index in [9.17, 15) is 0 Å². The second-order valence-corrected chi connectivity index (χ2v) is 6.99. The lowest BCUT2D eigenvalue weighted by Gasteiger charge is -2.49.